The molecule has 0 saturated heterocycles. The van der Waals surface area contributed by atoms with Gasteiger partial charge in [-0.05, 0) is 69.8 Å². The molecule has 127 heavy (non-hydrogen) atoms. The maximum absolute atomic E-state index is 10.7. The van der Waals surface area contributed by atoms with E-state index in [4.69, 9.17) is 0 Å². The predicted octanol–water partition coefficient (Wildman–Crippen LogP) is 39.2. The summed E-state index contributed by atoms with van der Waals surface area (Å²) in [5.41, 5.74) is 1.58. The highest BCUT2D eigenvalue weighted by atomic mass is 16.4. The molecule has 4 N–H and O–H groups in total. The lowest BCUT2D eigenvalue weighted by atomic mass is 9.80. The van der Waals surface area contributed by atoms with Crippen molar-refractivity contribution < 1.29 is 20.7 Å². The van der Waals surface area contributed by atoms with Crippen molar-refractivity contribution in [3.8, 4) is 0 Å². The number of nitrogens with two attached hydrogens (primary N) is 2. The van der Waals surface area contributed by atoms with E-state index in [1.165, 1.54) is 712 Å². The topological polar surface area (TPSA) is 79.3 Å². The van der Waals surface area contributed by atoms with Crippen LogP contribution in [0.1, 0.15) is 721 Å². The van der Waals surface area contributed by atoms with Gasteiger partial charge in [0.05, 0.1) is 26.2 Å². The molecule has 0 aliphatic heterocycles. The zero-order chi connectivity index (χ0) is 91.5. The molecule has 4 nitrogen and oxygen atoms in total. The molecule has 0 radical (unpaired) electrons. The summed E-state index contributed by atoms with van der Waals surface area (Å²) in [5, 5.41) is 26.7. The number of rotatable bonds is 112. The number of hydrogen-bond donors (Lipinski definition) is 2. The summed E-state index contributed by atoms with van der Waals surface area (Å²) in [6, 6.07) is 7.20. The van der Waals surface area contributed by atoms with Crippen molar-refractivity contribution in [1.82, 2.24) is 0 Å². The van der Waals surface area contributed by atoms with Crippen molar-refractivity contribution in [2.75, 3.05) is 26.2 Å². The third-order valence-electron chi connectivity index (χ3n) is 29.1. The van der Waals surface area contributed by atoms with Crippen LogP contribution in [0, 0.1) is 0 Å². The third kappa shape index (κ3) is 121. The van der Waals surface area contributed by atoms with Gasteiger partial charge in [-0.1, -0.05) is 689 Å². The van der Waals surface area contributed by atoms with Crippen molar-refractivity contribution in [2.45, 2.75) is 722 Å². The summed E-state index contributed by atoms with van der Waals surface area (Å²) in [4.78, 5) is 0. The molecule has 1 aromatic rings. The van der Waals surface area contributed by atoms with Crippen LogP contribution in [0.4, 0.5) is 0 Å². The molecule has 1 rings (SSSR count). The number of quaternary nitrogens is 2. The van der Waals surface area contributed by atoms with Crippen LogP contribution in [-0.2, 0) is 6.42 Å². The Morgan fingerprint density at radius 1 is 0.142 bits per heavy atom. The second-order valence-corrected chi connectivity index (χ2v) is 42.3. The zero-order valence-electron chi connectivity index (χ0n) is 89.3. The molecule has 0 amide bonds. The van der Waals surface area contributed by atoms with Gasteiger partial charge in [0.1, 0.15) is 0 Å². The Bertz CT molecular complexity index is 1760. The minimum atomic E-state index is -1.85. The molecule has 5 heteroatoms. The van der Waals surface area contributed by atoms with Crippen molar-refractivity contribution >= 4 is 12.6 Å². The molecular weight excluding hydrogens is 1540 g/mol. The van der Waals surface area contributed by atoms with Crippen LogP contribution in [0.5, 0.6) is 0 Å². The largest absolute Gasteiger partial charge is 0.889 e. The quantitative estimate of drug-likeness (QED) is 0.0503. The molecule has 0 atom stereocenters. The highest BCUT2D eigenvalue weighted by Crippen LogP contribution is 2.24. The highest BCUT2D eigenvalue weighted by Gasteiger charge is 2.06. The summed E-state index contributed by atoms with van der Waals surface area (Å²) in [6.07, 6.45) is 157. The highest BCUT2D eigenvalue weighted by molar-refractivity contribution is 6.55. The van der Waals surface area contributed by atoms with Crippen LogP contribution in [-0.4, -0.2) is 33.3 Å². The average molecular weight is 1780 g/mol. The van der Waals surface area contributed by atoms with Gasteiger partial charge in [-0.15, -0.1) is 5.46 Å². The van der Waals surface area contributed by atoms with Gasteiger partial charge in [0, 0.05) is 0 Å². The van der Waals surface area contributed by atoms with E-state index in [1.54, 1.807) is 12.1 Å². The van der Waals surface area contributed by atoms with E-state index < -0.39 is 7.12 Å². The molecule has 0 aromatic heterocycles. The van der Waals surface area contributed by atoms with Crippen LogP contribution in [0.2, 0.25) is 0 Å². The van der Waals surface area contributed by atoms with E-state index in [1.807, 2.05) is 12.1 Å². The van der Waals surface area contributed by atoms with Crippen LogP contribution >= 0.6 is 0 Å². The van der Waals surface area contributed by atoms with Crippen molar-refractivity contribution in [2.24, 2.45) is 0 Å². The smallest absolute Gasteiger partial charge is 0.0755 e. The van der Waals surface area contributed by atoms with Crippen LogP contribution in [0.3, 0.4) is 0 Å². The summed E-state index contributed by atoms with van der Waals surface area (Å²) >= 11 is 0. The van der Waals surface area contributed by atoms with Gasteiger partial charge < -0.3 is 20.7 Å². The molecule has 0 heterocycles. The van der Waals surface area contributed by atoms with Crippen molar-refractivity contribution in [3.05, 3.63) is 29.8 Å². The summed E-state index contributed by atoms with van der Waals surface area (Å²) in [7, 11) is -1.85. The van der Waals surface area contributed by atoms with Crippen LogP contribution in [0.15, 0.2) is 24.3 Å². The first-order chi connectivity index (χ1) is 63.1. The Hall–Kier alpha value is -0.875. The average Bonchev–Trinajstić information content (AvgIpc) is 0.899. The number of hydrogen-bond acceptors (Lipinski definition) is 2. The van der Waals surface area contributed by atoms with Gasteiger partial charge in [0.15, 0.2) is 0 Å². The first-order valence-corrected chi connectivity index (χ1v) is 61.1. The lowest BCUT2D eigenvalue weighted by Gasteiger charge is -2.26. The zero-order valence-corrected chi connectivity index (χ0v) is 89.3. The second-order valence-electron chi connectivity index (χ2n) is 42.3. The monoisotopic (exact) mass is 1780 g/mol. The first kappa shape index (κ1) is 128. The molecule has 758 valence electrons. The third-order valence-corrected chi connectivity index (χ3v) is 29.1. The van der Waals surface area contributed by atoms with Gasteiger partial charge >= 0.3 is 0 Å². The molecule has 0 spiro atoms. The van der Waals surface area contributed by atoms with Gasteiger partial charge in [0.25, 0.3) is 0 Å². The fraction of sp³-hybridized carbons (Fsp3) is 0.951. The molecule has 0 unspecified atom stereocenters. The van der Waals surface area contributed by atoms with E-state index in [9.17, 15) is 10.0 Å². The molecule has 0 saturated carbocycles. The van der Waals surface area contributed by atoms with E-state index in [0.29, 0.717) is 5.46 Å². The molecule has 0 bridgehead atoms. The van der Waals surface area contributed by atoms with Gasteiger partial charge in [-0.2, -0.15) is 0 Å². The SMILES string of the molecule is CCCCCCCCCCCCCCCCCCCCCCCCCC[NH2+]CCCCCCCCCCCCCCCCCCCCCCCCCC.CCCCCCCCCCCCCCCCCCCCCCCCCC[NH2+]CCCCCCCCCCCCCCCCCCCCCCCCCC.CCCCCCCCCCCCc1ccc(B([O-])[O-])cc1. The summed E-state index contributed by atoms with van der Waals surface area (Å²) in [6.45, 7) is 17.0. The second kappa shape index (κ2) is 123. The number of unbranched alkanes of at least 4 members (excludes halogenated alkanes) is 101. The first-order valence-electron chi connectivity index (χ1n) is 61.1. The standard InChI is InChI=1S/2C52H107N.C18H29BO2/c2*1-3-5-7-9-11-13-15-17-19-21-23-25-27-29-31-33-35-37-39-41-43-45-47-49-51-53-52-50-48-46-44-42-40-38-36-34-32-30-28-26-24-22-20-18-16-14-12-10-8-6-4-2;1-2-3-4-5-6-7-8-9-10-11-12-17-13-15-18(16-14-17)19(20)21/h2*53H,3-52H2,1-2H3;13-16H,2-12H2,1H3/q;;-2/p+2. The predicted molar refractivity (Wildman–Crippen MR) is 577 cm³/mol. The Morgan fingerprint density at radius 3 is 0.354 bits per heavy atom. The van der Waals surface area contributed by atoms with Crippen molar-refractivity contribution in [3.63, 3.8) is 0 Å². The minimum absolute atomic E-state index is 0.349. The molecular formula is C122H245BN2O2. The lowest BCUT2D eigenvalue weighted by molar-refractivity contribution is -0.655. The normalized spacial score (nSPS) is 11.5. The van der Waals surface area contributed by atoms with Crippen molar-refractivity contribution in [1.29, 1.82) is 0 Å². The Morgan fingerprint density at radius 2 is 0.244 bits per heavy atom. The maximum atomic E-state index is 10.7. The van der Waals surface area contributed by atoms with Crippen LogP contribution in [0.25, 0.3) is 0 Å². The fourth-order valence-electron chi connectivity index (χ4n) is 20.0. The number of benzene rings is 1. The minimum Gasteiger partial charge on any atom is -0.889 e. The van der Waals surface area contributed by atoms with Gasteiger partial charge in [-0.25, -0.2) is 0 Å². The Kier molecular flexibility index (Phi) is 124. The Labute approximate surface area is 805 Å². The molecule has 0 aliphatic rings. The Balaban J connectivity index is 0. The maximum Gasteiger partial charge on any atom is 0.0755 e. The van der Waals surface area contributed by atoms with Gasteiger partial charge in [0.2, 0.25) is 0 Å². The van der Waals surface area contributed by atoms with E-state index in [2.05, 4.69) is 45.3 Å². The molecule has 1 aromatic carbocycles. The fourth-order valence-corrected chi connectivity index (χ4v) is 20.0. The summed E-state index contributed by atoms with van der Waals surface area (Å²) < 4.78 is 0. The van der Waals surface area contributed by atoms with E-state index >= 15 is 0 Å². The summed E-state index contributed by atoms with van der Waals surface area (Å²) in [5.74, 6) is 0. The van der Waals surface area contributed by atoms with Gasteiger partial charge in [-0.3, -0.25) is 0 Å². The molecule has 0 aliphatic carbocycles. The lowest BCUT2D eigenvalue weighted by Crippen LogP contribution is -2.84. The number of aryl methyl sites for hydroxylation is 1. The van der Waals surface area contributed by atoms with E-state index in [0.717, 1.165) is 6.42 Å². The van der Waals surface area contributed by atoms with E-state index in [-0.39, 0.29) is 0 Å². The molecule has 0 fully saturated rings. The van der Waals surface area contributed by atoms with Crippen LogP contribution < -0.4 is 26.1 Å².